The number of carboxylic acids is 1. The molecule has 0 saturated carbocycles. The van der Waals surface area contributed by atoms with Crippen LogP contribution >= 0.6 is 0 Å². The van der Waals surface area contributed by atoms with Gasteiger partial charge in [0.05, 0.1) is 11.5 Å². The third kappa shape index (κ3) is 4.91. The number of hydrogen-bond acceptors (Lipinski definition) is 3. The van der Waals surface area contributed by atoms with Gasteiger partial charge in [0.1, 0.15) is 0 Å². The molecule has 0 aliphatic rings. The third-order valence-corrected chi connectivity index (χ3v) is 3.35. The first kappa shape index (κ1) is 16.7. The van der Waals surface area contributed by atoms with Gasteiger partial charge in [-0.1, -0.05) is 13.8 Å². The molecule has 0 fully saturated rings. The molecular formula is C12H24N2O4. The van der Waals surface area contributed by atoms with E-state index in [-0.39, 0.29) is 18.7 Å². The zero-order chi connectivity index (χ0) is 14.2. The van der Waals surface area contributed by atoms with Gasteiger partial charge in [-0.15, -0.1) is 0 Å². The Morgan fingerprint density at radius 1 is 1.28 bits per heavy atom. The molecule has 0 aliphatic carbocycles. The predicted molar refractivity (Wildman–Crippen MR) is 68.5 cm³/mol. The summed E-state index contributed by atoms with van der Waals surface area (Å²) in [5.74, 6) is -0.877. The fraction of sp³-hybridized carbons (Fsp3) is 0.833. The molecule has 0 aromatic carbocycles. The number of carboxylic acid groups (broad SMARTS) is 1. The summed E-state index contributed by atoms with van der Waals surface area (Å²) in [5, 5.41) is 14.4. The second kappa shape index (κ2) is 7.92. The van der Waals surface area contributed by atoms with Crippen molar-refractivity contribution in [2.24, 2.45) is 5.41 Å². The number of hydrogen-bond donors (Lipinski definition) is 3. The summed E-state index contributed by atoms with van der Waals surface area (Å²) in [6.45, 7) is 5.97. The van der Waals surface area contributed by atoms with Gasteiger partial charge in [-0.3, -0.25) is 4.79 Å². The van der Waals surface area contributed by atoms with E-state index in [1.165, 1.54) is 0 Å². The highest BCUT2D eigenvalue weighted by atomic mass is 16.5. The Balaban J connectivity index is 4.20. The lowest BCUT2D eigenvalue weighted by molar-refractivity contribution is -0.149. The van der Waals surface area contributed by atoms with E-state index in [2.05, 4.69) is 10.6 Å². The highest BCUT2D eigenvalue weighted by molar-refractivity contribution is 5.78. The fourth-order valence-corrected chi connectivity index (χ4v) is 1.51. The summed E-state index contributed by atoms with van der Waals surface area (Å²) in [5.41, 5.74) is -0.885. The van der Waals surface area contributed by atoms with Crippen molar-refractivity contribution < 1.29 is 19.4 Å². The van der Waals surface area contributed by atoms with Crippen LogP contribution in [0.25, 0.3) is 0 Å². The molecule has 1 unspecified atom stereocenters. The smallest absolute Gasteiger partial charge is 0.314 e. The van der Waals surface area contributed by atoms with E-state index in [4.69, 9.17) is 4.74 Å². The van der Waals surface area contributed by atoms with Crippen LogP contribution < -0.4 is 10.6 Å². The normalized spacial score (nSPS) is 12.9. The van der Waals surface area contributed by atoms with Crippen molar-refractivity contribution in [3.8, 4) is 0 Å². The number of aliphatic carboxylic acids is 1. The predicted octanol–water partition coefficient (Wildman–Crippen LogP) is 1.21. The molecule has 0 aliphatic heterocycles. The maximum Gasteiger partial charge on any atom is 0.314 e. The molecule has 0 rings (SSSR count). The van der Waals surface area contributed by atoms with Crippen LogP contribution in [-0.4, -0.2) is 43.4 Å². The van der Waals surface area contributed by atoms with Gasteiger partial charge < -0.3 is 20.5 Å². The molecule has 0 bridgehead atoms. The average molecular weight is 260 g/mol. The molecule has 0 heterocycles. The lowest BCUT2D eigenvalue weighted by Crippen LogP contribution is -2.47. The number of ether oxygens (including phenoxy) is 1. The van der Waals surface area contributed by atoms with Crippen LogP contribution in [0.3, 0.4) is 0 Å². The first-order chi connectivity index (χ1) is 8.41. The highest BCUT2D eigenvalue weighted by Crippen LogP contribution is 2.25. The largest absolute Gasteiger partial charge is 0.481 e. The van der Waals surface area contributed by atoms with Gasteiger partial charge in [-0.2, -0.15) is 0 Å². The molecule has 0 saturated heterocycles. The van der Waals surface area contributed by atoms with Gasteiger partial charge in [0.15, 0.2) is 0 Å². The summed E-state index contributed by atoms with van der Waals surface area (Å²) in [6.07, 6.45) is 0.888. The molecule has 6 heteroatoms. The van der Waals surface area contributed by atoms with Gasteiger partial charge in [-0.25, -0.2) is 4.79 Å². The first-order valence-electron chi connectivity index (χ1n) is 6.19. The van der Waals surface area contributed by atoms with Crippen LogP contribution in [0.5, 0.6) is 0 Å². The Labute approximate surface area is 108 Å². The van der Waals surface area contributed by atoms with E-state index < -0.39 is 11.4 Å². The molecular weight excluding hydrogens is 236 g/mol. The van der Waals surface area contributed by atoms with E-state index in [0.29, 0.717) is 19.4 Å². The number of carbonyl (C=O) groups is 2. The zero-order valence-corrected chi connectivity index (χ0v) is 11.6. The van der Waals surface area contributed by atoms with E-state index >= 15 is 0 Å². The molecule has 3 N–H and O–H groups in total. The summed E-state index contributed by atoms with van der Waals surface area (Å²) in [4.78, 5) is 22.7. The Morgan fingerprint density at radius 2 is 1.83 bits per heavy atom. The number of amides is 2. The minimum Gasteiger partial charge on any atom is -0.481 e. The van der Waals surface area contributed by atoms with Crippen molar-refractivity contribution >= 4 is 12.0 Å². The molecule has 0 aromatic heterocycles. The molecule has 106 valence electrons. The molecule has 0 radical (unpaired) electrons. The van der Waals surface area contributed by atoms with Crippen molar-refractivity contribution in [3.63, 3.8) is 0 Å². The monoisotopic (exact) mass is 260 g/mol. The second-order valence-corrected chi connectivity index (χ2v) is 4.40. The number of carbonyl (C=O) groups excluding carboxylic acids is 1. The minimum absolute atomic E-state index is 0.0719. The van der Waals surface area contributed by atoms with E-state index in [0.717, 1.165) is 0 Å². The third-order valence-electron chi connectivity index (χ3n) is 3.35. The Hall–Kier alpha value is -1.30. The van der Waals surface area contributed by atoms with Crippen LogP contribution in [-0.2, 0) is 9.53 Å². The molecule has 0 aromatic rings. The minimum atomic E-state index is -0.885. The van der Waals surface area contributed by atoms with Crippen LogP contribution in [0.2, 0.25) is 0 Å². The van der Waals surface area contributed by atoms with Crippen LogP contribution in [0.15, 0.2) is 0 Å². The van der Waals surface area contributed by atoms with Gasteiger partial charge in [-0.05, 0) is 19.8 Å². The van der Waals surface area contributed by atoms with Crippen LogP contribution in [0.1, 0.15) is 33.6 Å². The summed E-state index contributed by atoms with van der Waals surface area (Å²) in [7, 11) is 1.56. The van der Waals surface area contributed by atoms with Crippen molar-refractivity contribution in [2.45, 2.75) is 39.7 Å². The molecule has 18 heavy (non-hydrogen) atoms. The molecule has 2 amide bonds. The van der Waals surface area contributed by atoms with E-state index in [9.17, 15) is 14.7 Å². The molecule has 6 nitrogen and oxygen atoms in total. The Kier molecular flexibility index (Phi) is 7.35. The Morgan fingerprint density at radius 3 is 2.22 bits per heavy atom. The fourth-order valence-electron chi connectivity index (χ4n) is 1.51. The number of nitrogens with one attached hydrogen (secondary N) is 2. The standard InChI is InChI=1S/C12H24N2O4/c1-5-12(6-2,10(15)16)8-14-11(17)13-7-9(3)18-4/h9H,5-8H2,1-4H3,(H,15,16)(H2,13,14,17). The maximum absolute atomic E-state index is 11.5. The quantitative estimate of drug-likeness (QED) is 0.612. The van der Waals surface area contributed by atoms with Gasteiger partial charge >= 0.3 is 12.0 Å². The maximum atomic E-state index is 11.5. The topological polar surface area (TPSA) is 87.7 Å². The average Bonchev–Trinajstić information content (AvgIpc) is 2.37. The molecule has 1 atom stereocenters. The van der Waals surface area contributed by atoms with Crippen molar-refractivity contribution in [2.75, 3.05) is 20.2 Å². The van der Waals surface area contributed by atoms with Crippen LogP contribution in [0, 0.1) is 5.41 Å². The SMILES string of the molecule is CCC(CC)(CNC(=O)NCC(C)OC)C(=O)O. The second-order valence-electron chi connectivity index (χ2n) is 4.40. The lowest BCUT2D eigenvalue weighted by Gasteiger charge is -2.26. The first-order valence-corrected chi connectivity index (χ1v) is 6.19. The van der Waals surface area contributed by atoms with Crippen molar-refractivity contribution in [1.29, 1.82) is 0 Å². The van der Waals surface area contributed by atoms with Crippen LogP contribution in [0.4, 0.5) is 4.79 Å². The van der Waals surface area contributed by atoms with Gasteiger partial charge in [0.25, 0.3) is 0 Å². The van der Waals surface area contributed by atoms with Gasteiger partial charge in [0, 0.05) is 20.2 Å². The van der Waals surface area contributed by atoms with Gasteiger partial charge in [0.2, 0.25) is 0 Å². The number of rotatable bonds is 8. The zero-order valence-electron chi connectivity index (χ0n) is 11.6. The summed E-state index contributed by atoms with van der Waals surface area (Å²) in [6, 6.07) is -0.369. The van der Waals surface area contributed by atoms with E-state index in [1.807, 2.05) is 20.8 Å². The summed E-state index contributed by atoms with van der Waals surface area (Å²) >= 11 is 0. The lowest BCUT2D eigenvalue weighted by atomic mass is 9.82. The number of urea groups is 1. The van der Waals surface area contributed by atoms with Crippen molar-refractivity contribution in [3.05, 3.63) is 0 Å². The molecule has 0 spiro atoms. The summed E-state index contributed by atoms with van der Waals surface area (Å²) < 4.78 is 4.99. The van der Waals surface area contributed by atoms with Crippen molar-refractivity contribution in [1.82, 2.24) is 10.6 Å². The van der Waals surface area contributed by atoms with E-state index in [1.54, 1.807) is 7.11 Å². The highest BCUT2D eigenvalue weighted by Gasteiger charge is 2.35. The Bertz CT molecular complexity index is 277. The number of methoxy groups -OCH3 is 1.